The summed E-state index contributed by atoms with van der Waals surface area (Å²) < 4.78 is 0. The number of carbonyl (C=O) groups excluding carboxylic acids is 1. The van der Waals surface area contributed by atoms with Gasteiger partial charge in [0.25, 0.3) is 5.91 Å². The van der Waals surface area contributed by atoms with Crippen LogP contribution in [-0.2, 0) is 4.79 Å². The van der Waals surface area contributed by atoms with Crippen molar-refractivity contribution in [2.24, 2.45) is 31.4 Å². The largest absolute Gasteiger partial charge is 0.478 e. The molecule has 17 nitrogen and oxygen atoms in total. The predicted octanol–water partition coefficient (Wildman–Crippen LogP) is -1.15. The highest BCUT2D eigenvalue weighted by Crippen LogP contribution is 2.39. The third-order valence-electron chi connectivity index (χ3n) is 9.05. The maximum atomic E-state index is 12.1. The summed E-state index contributed by atoms with van der Waals surface area (Å²) in [6, 6.07) is 13.2. The van der Waals surface area contributed by atoms with E-state index in [1.54, 1.807) is 24.3 Å². The highest BCUT2D eigenvalue weighted by molar-refractivity contribution is 6.19. The normalized spacial score (nSPS) is 26.5. The number of nitrogens with one attached hydrogen (secondary N) is 3. The zero-order valence-corrected chi connectivity index (χ0v) is 25.8. The van der Waals surface area contributed by atoms with Crippen molar-refractivity contribution < 1.29 is 24.6 Å². The fraction of sp³-hybridized carbons (Fsp3) is 0.367. The number of anilines is 2. The zero-order chi connectivity index (χ0) is 33.5. The van der Waals surface area contributed by atoms with Gasteiger partial charge in [0.1, 0.15) is 5.84 Å². The zero-order valence-electron chi connectivity index (χ0n) is 25.8. The molecule has 17 heteroatoms. The molecule has 1 amide bonds. The third kappa shape index (κ3) is 5.81. The molecular weight excluding hydrogens is 608 g/mol. The number of amidine groups is 2. The molecule has 2 aromatic rings. The van der Waals surface area contributed by atoms with E-state index >= 15 is 0 Å². The number of aliphatic imine (C=N–C) groups is 4. The van der Waals surface area contributed by atoms with Crippen LogP contribution in [-0.4, -0.2) is 132 Å². The van der Waals surface area contributed by atoms with Crippen molar-refractivity contribution in [2.45, 2.75) is 23.8 Å². The van der Waals surface area contributed by atoms with Gasteiger partial charge in [-0.05, 0) is 62.6 Å². The molecular formula is C30H36N12O5. The number of rotatable bonds is 6. The standard InChI is InChI=1S/C15H18N6O3.C15H18N6O2/c1-21-10(6-17-9-4-2-8(3-5-9)14(23)24)7-18-12-11(21)13(22)20-15(16)19-12;1-20-11-6-17-13-15(20,8-18-14(16)19-13)21(7-11)10-4-2-9(3-5-10)12(22)23/h2-5,10-11,17H,6-7H2,1H3,(H,23,24)(H3,16,18,19,20,22);2-5,11H,6-8H2,1H3,(H,22,23)(H3,16,17,18,19). The number of amides is 1. The van der Waals surface area contributed by atoms with Crippen molar-refractivity contribution >= 4 is 52.8 Å². The molecule has 2 bridgehead atoms. The van der Waals surface area contributed by atoms with E-state index in [-0.39, 0.29) is 29.0 Å². The number of nitrogens with zero attached hydrogens (tertiary/aromatic N) is 7. The van der Waals surface area contributed by atoms with E-state index in [2.05, 4.69) is 52.8 Å². The summed E-state index contributed by atoms with van der Waals surface area (Å²) in [6.45, 7) is 3.07. The molecule has 1 saturated heterocycles. The van der Waals surface area contributed by atoms with E-state index in [1.165, 1.54) is 12.1 Å². The van der Waals surface area contributed by atoms with Crippen LogP contribution in [0.2, 0.25) is 0 Å². The van der Waals surface area contributed by atoms with E-state index in [4.69, 9.17) is 21.7 Å². The number of carboxylic acids is 2. The van der Waals surface area contributed by atoms with Crippen LogP contribution in [0, 0.1) is 0 Å². The molecule has 5 heterocycles. The molecule has 2 aromatic carbocycles. The van der Waals surface area contributed by atoms with E-state index in [1.807, 2.05) is 24.1 Å². The molecule has 4 unspecified atom stereocenters. The van der Waals surface area contributed by atoms with Crippen LogP contribution in [0.1, 0.15) is 20.7 Å². The molecule has 0 aliphatic carbocycles. The smallest absolute Gasteiger partial charge is 0.335 e. The van der Waals surface area contributed by atoms with Crippen molar-refractivity contribution in [1.29, 1.82) is 0 Å². The van der Waals surface area contributed by atoms with Crippen molar-refractivity contribution in [3.63, 3.8) is 0 Å². The Hall–Kier alpha value is -5.55. The molecule has 1 spiro atoms. The van der Waals surface area contributed by atoms with E-state index < -0.39 is 23.6 Å². The van der Waals surface area contributed by atoms with Crippen LogP contribution in [0.4, 0.5) is 11.4 Å². The monoisotopic (exact) mass is 644 g/mol. The number of nitrogens with two attached hydrogens (primary N) is 2. The Kier molecular flexibility index (Phi) is 8.25. The summed E-state index contributed by atoms with van der Waals surface area (Å²) in [5.41, 5.74) is 13.1. The molecule has 9 N–H and O–H groups in total. The van der Waals surface area contributed by atoms with Crippen molar-refractivity contribution in [3.05, 3.63) is 59.7 Å². The lowest BCUT2D eigenvalue weighted by Crippen LogP contribution is -2.70. The summed E-state index contributed by atoms with van der Waals surface area (Å²) in [7, 11) is 3.92. The Balaban J connectivity index is 0.000000164. The molecule has 5 aliphatic rings. The molecule has 1 fully saturated rings. The third-order valence-corrected chi connectivity index (χ3v) is 9.05. The molecule has 0 aromatic heterocycles. The second-order valence-corrected chi connectivity index (χ2v) is 11.7. The second-order valence-electron chi connectivity index (χ2n) is 11.7. The minimum atomic E-state index is -0.960. The number of aromatic carboxylic acids is 2. The Morgan fingerprint density at radius 2 is 1.60 bits per heavy atom. The van der Waals surface area contributed by atoms with Gasteiger partial charge in [0.15, 0.2) is 23.5 Å². The minimum Gasteiger partial charge on any atom is -0.478 e. The lowest BCUT2D eigenvalue weighted by Gasteiger charge is -2.47. The summed E-state index contributed by atoms with van der Waals surface area (Å²) >= 11 is 0. The number of likely N-dealkylation sites (N-methyl/N-ethyl adjacent to an activating group) is 2. The first-order valence-corrected chi connectivity index (χ1v) is 14.9. The van der Waals surface area contributed by atoms with Gasteiger partial charge in [-0.15, -0.1) is 0 Å². The van der Waals surface area contributed by atoms with Crippen LogP contribution >= 0.6 is 0 Å². The lowest BCUT2D eigenvalue weighted by molar-refractivity contribution is -0.123. The Morgan fingerprint density at radius 3 is 2.26 bits per heavy atom. The van der Waals surface area contributed by atoms with E-state index in [0.29, 0.717) is 44.0 Å². The highest BCUT2D eigenvalue weighted by atomic mass is 16.4. The van der Waals surface area contributed by atoms with Crippen LogP contribution in [0.3, 0.4) is 0 Å². The fourth-order valence-corrected chi connectivity index (χ4v) is 6.37. The topological polar surface area (TPSA) is 239 Å². The Morgan fingerprint density at radius 1 is 0.936 bits per heavy atom. The predicted molar refractivity (Wildman–Crippen MR) is 176 cm³/mol. The van der Waals surface area contributed by atoms with E-state index in [9.17, 15) is 14.4 Å². The van der Waals surface area contributed by atoms with Gasteiger partial charge in [0, 0.05) is 36.5 Å². The molecule has 5 aliphatic heterocycles. The number of guanidine groups is 2. The molecule has 0 saturated carbocycles. The molecule has 4 atom stereocenters. The molecule has 246 valence electrons. The summed E-state index contributed by atoms with van der Waals surface area (Å²) in [5.74, 6) is -0.430. The SMILES string of the molecule is CN1C(CNc2ccc(C(=O)O)cc2)CN=C2N=C(N)NC(=O)C21.CN1C2CN=C3NC(N)=NCC31N(c1ccc(C(=O)O)cc1)C2. The number of hydrogen-bond acceptors (Lipinski definition) is 14. The van der Waals surface area contributed by atoms with Crippen LogP contribution in [0.25, 0.3) is 0 Å². The molecule has 7 rings (SSSR count). The van der Waals surface area contributed by atoms with Crippen LogP contribution in [0.15, 0.2) is 68.5 Å². The van der Waals surface area contributed by atoms with Gasteiger partial charge in [-0.1, -0.05) is 0 Å². The van der Waals surface area contributed by atoms with Gasteiger partial charge >= 0.3 is 11.9 Å². The number of carboxylic acid groups (broad SMARTS) is 2. The van der Waals surface area contributed by atoms with Crippen molar-refractivity contribution in [3.8, 4) is 0 Å². The molecule has 47 heavy (non-hydrogen) atoms. The first-order chi connectivity index (χ1) is 22.5. The number of carbonyl (C=O) groups is 3. The second kappa shape index (κ2) is 12.3. The average Bonchev–Trinajstić information content (AvgIpc) is 3.20. The van der Waals surface area contributed by atoms with Crippen LogP contribution in [0.5, 0.6) is 0 Å². The Bertz CT molecular complexity index is 1710. The first kappa shape index (κ1) is 31.4. The summed E-state index contributed by atoms with van der Waals surface area (Å²) in [5, 5.41) is 26.8. The van der Waals surface area contributed by atoms with Crippen LogP contribution < -0.4 is 32.3 Å². The van der Waals surface area contributed by atoms with Gasteiger partial charge in [-0.3, -0.25) is 29.9 Å². The van der Waals surface area contributed by atoms with E-state index in [0.717, 1.165) is 23.8 Å². The Labute approximate surface area is 269 Å². The lowest BCUT2D eigenvalue weighted by atomic mass is 10.0. The summed E-state index contributed by atoms with van der Waals surface area (Å²) in [6.07, 6.45) is 0. The van der Waals surface area contributed by atoms with Gasteiger partial charge in [-0.25, -0.2) is 14.6 Å². The number of fused-ring (bicyclic) bond motifs is 2. The quantitative estimate of drug-likeness (QED) is 0.197. The number of benzene rings is 2. The van der Waals surface area contributed by atoms with Gasteiger partial charge in [0.2, 0.25) is 5.96 Å². The van der Waals surface area contributed by atoms with Crippen molar-refractivity contribution in [1.82, 2.24) is 20.4 Å². The van der Waals surface area contributed by atoms with Gasteiger partial charge in [-0.2, -0.15) is 4.99 Å². The highest BCUT2D eigenvalue weighted by Gasteiger charge is 2.57. The first-order valence-electron chi connectivity index (χ1n) is 14.9. The van der Waals surface area contributed by atoms with Gasteiger partial charge in [0.05, 0.1) is 30.8 Å². The fourth-order valence-electron chi connectivity index (χ4n) is 6.37. The van der Waals surface area contributed by atoms with Gasteiger partial charge < -0.3 is 37.2 Å². The molecule has 0 radical (unpaired) electrons. The maximum absolute atomic E-state index is 12.1. The van der Waals surface area contributed by atoms with Crippen molar-refractivity contribution in [2.75, 3.05) is 57.0 Å². The average molecular weight is 645 g/mol. The minimum absolute atomic E-state index is 0.00169. The summed E-state index contributed by atoms with van der Waals surface area (Å²) in [4.78, 5) is 57.9. The maximum Gasteiger partial charge on any atom is 0.335 e. The number of hydrogen-bond donors (Lipinski definition) is 7.